The number of aromatic nitrogens is 2. The molecule has 1 aromatic heterocycles. The highest BCUT2D eigenvalue weighted by molar-refractivity contribution is 5.95. The first-order valence-corrected chi connectivity index (χ1v) is 10.4. The summed E-state index contributed by atoms with van der Waals surface area (Å²) in [4.78, 5) is 36.6. The third-order valence-electron chi connectivity index (χ3n) is 5.65. The second-order valence-corrected chi connectivity index (χ2v) is 8.12. The van der Waals surface area contributed by atoms with Crippen molar-refractivity contribution >= 4 is 11.8 Å². The Labute approximate surface area is 183 Å². The molecule has 1 aliphatic heterocycles. The Hall–Kier alpha value is -3.00. The lowest BCUT2D eigenvalue weighted by atomic mass is 10.0. The largest absolute Gasteiger partial charge is 0.497 e. The van der Waals surface area contributed by atoms with Crippen molar-refractivity contribution in [1.29, 1.82) is 0 Å². The van der Waals surface area contributed by atoms with Crippen LogP contribution in [0.4, 0.5) is 0 Å². The van der Waals surface area contributed by atoms with Crippen LogP contribution < -0.4 is 10.1 Å². The first kappa shape index (κ1) is 22.7. The summed E-state index contributed by atoms with van der Waals surface area (Å²) in [6.45, 7) is 6.24. The second kappa shape index (κ2) is 9.43. The zero-order valence-corrected chi connectivity index (χ0v) is 18.8. The Morgan fingerprint density at radius 1 is 1.23 bits per heavy atom. The third kappa shape index (κ3) is 5.02. The monoisotopic (exact) mass is 426 g/mol. The van der Waals surface area contributed by atoms with Gasteiger partial charge in [0.1, 0.15) is 17.2 Å². The van der Waals surface area contributed by atoms with Crippen molar-refractivity contribution in [3.8, 4) is 5.75 Å². The van der Waals surface area contributed by atoms with Crippen LogP contribution in [0.25, 0.3) is 0 Å². The maximum absolute atomic E-state index is 13.1. The van der Waals surface area contributed by atoms with Gasteiger partial charge in [-0.15, -0.1) is 0 Å². The van der Waals surface area contributed by atoms with Crippen molar-refractivity contribution in [2.24, 2.45) is 0 Å². The smallest absolute Gasteiger partial charge is 0.255 e. The third-order valence-corrected chi connectivity index (χ3v) is 5.65. The number of hydrogen-bond donors (Lipinski definition) is 1. The van der Waals surface area contributed by atoms with Gasteiger partial charge in [0.25, 0.3) is 11.8 Å². The molecule has 3 rings (SSSR count). The van der Waals surface area contributed by atoms with Crippen LogP contribution in [0.2, 0.25) is 0 Å². The molecule has 1 aliphatic rings. The quantitative estimate of drug-likeness (QED) is 0.732. The topological polar surface area (TPSA) is 93.6 Å². The van der Waals surface area contributed by atoms with Gasteiger partial charge in [-0.3, -0.25) is 9.59 Å². The number of carbonyl (C=O) groups is 2. The van der Waals surface area contributed by atoms with E-state index in [1.807, 2.05) is 24.3 Å². The van der Waals surface area contributed by atoms with Crippen LogP contribution in [0.3, 0.4) is 0 Å². The van der Waals surface area contributed by atoms with Gasteiger partial charge in [0.2, 0.25) is 0 Å². The van der Waals surface area contributed by atoms with E-state index in [9.17, 15) is 9.59 Å². The van der Waals surface area contributed by atoms with Gasteiger partial charge in [0.15, 0.2) is 0 Å². The molecule has 1 fully saturated rings. The van der Waals surface area contributed by atoms with Gasteiger partial charge in [-0.2, -0.15) is 0 Å². The Morgan fingerprint density at radius 3 is 2.58 bits per heavy atom. The molecule has 8 heteroatoms. The molecule has 0 radical (unpaired) electrons. The Kier molecular flexibility index (Phi) is 6.90. The van der Waals surface area contributed by atoms with E-state index in [4.69, 9.17) is 9.47 Å². The average molecular weight is 427 g/mol. The molecule has 0 unspecified atom stereocenters. The van der Waals surface area contributed by atoms with Gasteiger partial charge >= 0.3 is 0 Å². The van der Waals surface area contributed by atoms with Crippen LogP contribution in [0.1, 0.15) is 60.2 Å². The lowest BCUT2D eigenvalue weighted by Crippen LogP contribution is -2.46. The maximum atomic E-state index is 13.1. The first-order chi connectivity index (χ1) is 14.8. The van der Waals surface area contributed by atoms with Crippen molar-refractivity contribution in [3.05, 3.63) is 53.1 Å². The Balaban J connectivity index is 1.82. The molecule has 0 aliphatic carbocycles. The van der Waals surface area contributed by atoms with Crippen LogP contribution >= 0.6 is 0 Å². The van der Waals surface area contributed by atoms with Crippen molar-refractivity contribution in [1.82, 2.24) is 20.2 Å². The molecule has 0 bridgehead atoms. The highest BCUT2D eigenvalue weighted by Gasteiger charge is 2.40. The molecule has 2 amide bonds. The number of ether oxygens (including phenoxy) is 2. The van der Waals surface area contributed by atoms with Gasteiger partial charge in [-0.25, -0.2) is 9.97 Å². The number of nitrogens with zero attached hydrogens (tertiary/aromatic N) is 3. The number of rotatable bonds is 7. The van der Waals surface area contributed by atoms with E-state index >= 15 is 0 Å². The Morgan fingerprint density at radius 2 is 1.94 bits per heavy atom. The summed E-state index contributed by atoms with van der Waals surface area (Å²) >= 11 is 0. The summed E-state index contributed by atoms with van der Waals surface area (Å²) in [5.41, 5.74) is 0.973. The van der Waals surface area contributed by atoms with Gasteiger partial charge in [0, 0.05) is 26.4 Å². The van der Waals surface area contributed by atoms with Gasteiger partial charge in [-0.05, 0) is 51.3 Å². The molecule has 8 nitrogen and oxygen atoms in total. The first-order valence-electron chi connectivity index (χ1n) is 10.4. The molecular weight excluding hydrogens is 396 g/mol. The molecule has 1 saturated heterocycles. The standard InChI is InChI=1S/C23H30N4O4/c1-15-24-14-18(21(28)25-13-16-8-10-17(30-4)11-9-16)20(26-15)19-7-6-12-27(19)22(29)23(2,3)31-5/h8-11,14,19H,6-7,12-13H2,1-5H3,(H,25,28)/t19-/m1/s1. The summed E-state index contributed by atoms with van der Waals surface area (Å²) in [6.07, 6.45) is 3.12. The molecule has 0 saturated carbocycles. The van der Waals surface area contributed by atoms with E-state index in [0.29, 0.717) is 30.2 Å². The highest BCUT2D eigenvalue weighted by Crippen LogP contribution is 2.34. The SMILES string of the molecule is COc1ccc(CNC(=O)c2cnc(C)nc2[C@H]2CCCN2C(=O)C(C)(C)OC)cc1. The molecule has 166 valence electrons. The summed E-state index contributed by atoms with van der Waals surface area (Å²) in [7, 11) is 3.14. The number of aryl methyl sites for hydroxylation is 1. The molecule has 1 N–H and O–H groups in total. The number of hydrogen-bond acceptors (Lipinski definition) is 6. The van der Waals surface area contributed by atoms with Crippen LogP contribution in [-0.2, 0) is 16.1 Å². The lowest BCUT2D eigenvalue weighted by molar-refractivity contribution is -0.152. The predicted octanol–water partition coefficient (Wildman–Crippen LogP) is 2.81. The van der Waals surface area contributed by atoms with Gasteiger partial charge < -0.3 is 19.7 Å². The fourth-order valence-electron chi connectivity index (χ4n) is 3.66. The zero-order chi connectivity index (χ0) is 22.6. The number of nitrogens with one attached hydrogen (secondary N) is 1. The molecule has 2 heterocycles. The zero-order valence-electron chi connectivity index (χ0n) is 18.8. The van der Waals surface area contributed by atoms with E-state index in [0.717, 1.165) is 24.2 Å². The number of carbonyl (C=O) groups excluding carboxylic acids is 2. The molecule has 31 heavy (non-hydrogen) atoms. The summed E-state index contributed by atoms with van der Waals surface area (Å²) in [5.74, 6) is 0.941. The summed E-state index contributed by atoms with van der Waals surface area (Å²) < 4.78 is 10.6. The minimum atomic E-state index is -0.943. The molecular formula is C23H30N4O4. The lowest BCUT2D eigenvalue weighted by Gasteiger charge is -2.32. The number of benzene rings is 1. The summed E-state index contributed by atoms with van der Waals surface area (Å²) in [6, 6.07) is 7.21. The van der Waals surface area contributed by atoms with Crippen molar-refractivity contribution in [3.63, 3.8) is 0 Å². The van der Waals surface area contributed by atoms with Crippen LogP contribution in [0, 0.1) is 6.92 Å². The average Bonchev–Trinajstić information content (AvgIpc) is 3.26. The van der Waals surface area contributed by atoms with E-state index in [1.54, 1.807) is 39.0 Å². The summed E-state index contributed by atoms with van der Waals surface area (Å²) in [5, 5.41) is 2.93. The molecule has 0 spiro atoms. The number of likely N-dealkylation sites (tertiary alicyclic amines) is 1. The van der Waals surface area contributed by atoms with E-state index < -0.39 is 5.60 Å². The van der Waals surface area contributed by atoms with E-state index in [-0.39, 0.29) is 17.9 Å². The molecule has 1 aromatic carbocycles. The normalized spacial score (nSPS) is 16.3. The molecule has 2 aromatic rings. The second-order valence-electron chi connectivity index (χ2n) is 8.12. The van der Waals surface area contributed by atoms with Crippen LogP contribution in [0.15, 0.2) is 30.5 Å². The minimum absolute atomic E-state index is 0.113. The van der Waals surface area contributed by atoms with E-state index in [2.05, 4.69) is 15.3 Å². The van der Waals surface area contributed by atoms with E-state index in [1.165, 1.54) is 7.11 Å². The van der Waals surface area contributed by atoms with Crippen molar-refractivity contribution in [2.75, 3.05) is 20.8 Å². The highest BCUT2D eigenvalue weighted by atomic mass is 16.5. The minimum Gasteiger partial charge on any atom is -0.497 e. The van der Waals surface area contributed by atoms with Gasteiger partial charge in [-0.1, -0.05) is 12.1 Å². The van der Waals surface area contributed by atoms with Crippen molar-refractivity contribution < 1.29 is 19.1 Å². The van der Waals surface area contributed by atoms with Crippen LogP contribution in [0.5, 0.6) is 5.75 Å². The maximum Gasteiger partial charge on any atom is 0.255 e. The Bertz CT molecular complexity index is 943. The number of amides is 2. The number of methoxy groups -OCH3 is 2. The fourth-order valence-corrected chi connectivity index (χ4v) is 3.66. The van der Waals surface area contributed by atoms with Gasteiger partial charge in [0.05, 0.1) is 24.4 Å². The molecule has 1 atom stereocenters. The van der Waals surface area contributed by atoms with Crippen LogP contribution in [-0.4, -0.2) is 53.0 Å². The predicted molar refractivity (Wildman–Crippen MR) is 116 cm³/mol. The van der Waals surface area contributed by atoms with Crippen molar-refractivity contribution in [2.45, 2.75) is 51.8 Å². The fraction of sp³-hybridized carbons (Fsp3) is 0.478.